The molecule has 0 heterocycles. The van der Waals surface area contributed by atoms with Crippen LogP contribution in [-0.4, -0.2) is 12.6 Å². The monoisotopic (exact) mass is 217 g/mol. The SMILES string of the molecule is COc1c(C#CC(C)(C)N)ccc(C)c1C. The molecule has 0 radical (unpaired) electrons. The van der Waals surface area contributed by atoms with Crippen molar-refractivity contribution in [1.82, 2.24) is 0 Å². The van der Waals surface area contributed by atoms with Gasteiger partial charge in [-0.15, -0.1) is 0 Å². The van der Waals surface area contributed by atoms with E-state index in [1.807, 2.05) is 32.9 Å². The fourth-order valence-electron chi connectivity index (χ4n) is 1.38. The minimum absolute atomic E-state index is 0.482. The third-order valence-corrected chi connectivity index (χ3v) is 2.40. The number of ether oxygens (including phenoxy) is 1. The molecule has 0 bridgehead atoms. The highest BCUT2D eigenvalue weighted by atomic mass is 16.5. The van der Waals surface area contributed by atoms with Gasteiger partial charge in [0.1, 0.15) is 5.75 Å². The summed E-state index contributed by atoms with van der Waals surface area (Å²) in [5.74, 6) is 6.92. The molecule has 0 atom stereocenters. The summed E-state index contributed by atoms with van der Waals surface area (Å²) in [5.41, 5.74) is 8.57. The lowest BCUT2D eigenvalue weighted by Crippen LogP contribution is -2.29. The number of hydrogen-bond acceptors (Lipinski definition) is 2. The number of hydrogen-bond donors (Lipinski definition) is 1. The first-order chi connectivity index (χ1) is 7.35. The lowest BCUT2D eigenvalue weighted by Gasteiger charge is -2.11. The van der Waals surface area contributed by atoms with E-state index in [-0.39, 0.29) is 0 Å². The van der Waals surface area contributed by atoms with Gasteiger partial charge in [-0.3, -0.25) is 0 Å². The molecule has 0 aliphatic rings. The first kappa shape index (κ1) is 12.6. The number of methoxy groups -OCH3 is 1. The molecule has 0 amide bonds. The Hall–Kier alpha value is -1.46. The molecule has 0 unspecified atom stereocenters. The number of aryl methyl sites for hydroxylation is 1. The van der Waals surface area contributed by atoms with Gasteiger partial charge in [-0.1, -0.05) is 17.9 Å². The van der Waals surface area contributed by atoms with Crippen LogP contribution in [0.25, 0.3) is 0 Å². The minimum atomic E-state index is -0.482. The number of benzene rings is 1. The van der Waals surface area contributed by atoms with Gasteiger partial charge in [0, 0.05) is 0 Å². The van der Waals surface area contributed by atoms with E-state index in [0.29, 0.717) is 0 Å². The fourth-order valence-corrected chi connectivity index (χ4v) is 1.38. The lowest BCUT2D eigenvalue weighted by atomic mass is 10.0. The second kappa shape index (κ2) is 4.59. The first-order valence-electron chi connectivity index (χ1n) is 5.31. The molecule has 0 saturated heterocycles. The molecule has 1 rings (SSSR count). The van der Waals surface area contributed by atoms with Gasteiger partial charge in [0.25, 0.3) is 0 Å². The zero-order valence-corrected chi connectivity index (χ0v) is 10.6. The molecule has 1 aromatic rings. The van der Waals surface area contributed by atoms with Gasteiger partial charge >= 0.3 is 0 Å². The summed E-state index contributed by atoms with van der Waals surface area (Å²) < 4.78 is 5.38. The smallest absolute Gasteiger partial charge is 0.137 e. The van der Waals surface area contributed by atoms with E-state index in [9.17, 15) is 0 Å². The van der Waals surface area contributed by atoms with E-state index >= 15 is 0 Å². The van der Waals surface area contributed by atoms with E-state index in [1.54, 1.807) is 7.11 Å². The molecule has 0 aliphatic heterocycles. The minimum Gasteiger partial charge on any atom is -0.495 e. The summed E-state index contributed by atoms with van der Waals surface area (Å²) in [4.78, 5) is 0. The summed E-state index contributed by atoms with van der Waals surface area (Å²) in [6.07, 6.45) is 0. The number of nitrogens with two attached hydrogens (primary N) is 1. The molecule has 0 fully saturated rings. The Morgan fingerprint density at radius 1 is 1.25 bits per heavy atom. The highest BCUT2D eigenvalue weighted by Crippen LogP contribution is 2.25. The molecule has 0 saturated carbocycles. The third kappa shape index (κ3) is 3.01. The Labute approximate surface area is 97.8 Å². The Bertz CT molecular complexity index is 444. The molecule has 0 spiro atoms. The molecule has 0 aromatic heterocycles. The summed E-state index contributed by atoms with van der Waals surface area (Å²) in [6.45, 7) is 7.86. The first-order valence-corrected chi connectivity index (χ1v) is 5.31. The van der Waals surface area contributed by atoms with Crippen molar-refractivity contribution in [2.45, 2.75) is 33.2 Å². The van der Waals surface area contributed by atoms with Crippen LogP contribution in [0.3, 0.4) is 0 Å². The van der Waals surface area contributed by atoms with Crippen LogP contribution in [0.2, 0.25) is 0 Å². The molecule has 0 aliphatic carbocycles. The number of rotatable bonds is 1. The van der Waals surface area contributed by atoms with Crippen LogP contribution in [0.4, 0.5) is 0 Å². The normalized spacial score (nSPS) is 10.6. The fraction of sp³-hybridized carbons (Fsp3) is 0.429. The summed E-state index contributed by atoms with van der Waals surface area (Å²) >= 11 is 0. The van der Waals surface area contributed by atoms with Gasteiger partial charge in [0.05, 0.1) is 18.2 Å². The zero-order chi connectivity index (χ0) is 12.3. The van der Waals surface area contributed by atoms with Crippen molar-refractivity contribution < 1.29 is 4.74 Å². The van der Waals surface area contributed by atoms with E-state index in [0.717, 1.165) is 16.9 Å². The lowest BCUT2D eigenvalue weighted by molar-refractivity contribution is 0.410. The average molecular weight is 217 g/mol. The Morgan fingerprint density at radius 2 is 1.88 bits per heavy atom. The van der Waals surface area contributed by atoms with Crippen LogP contribution >= 0.6 is 0 Å². The zero-order valence-electron chi connectivity index (χ0n) is 10.6. The van der Waals surface area contributed by atoms with Gasteiger partial charge in [-0.2, -0.15) is 0 Å². The van der Waals surface area contributed by atoms with Gasteiger partial charge in [0.2, 0.25) is 0 Å². The molecular formula is C14H19NO. The standard InChI is InChI=1S/C14H19NO/c1-10-6-7-12(8-9-14(3,4)15)13(16-5)11(10)2/h6-7H,15H2,1-5H3. The van der Waals surface area contributed by atoms with Crippen molar-refractivity contribution in [2.24, 2.45) is 5.73 Å². The Morgan fingerprint density at radius 3 is 2.38 bits per heavy atom. The van der Waals surface area contributed by atoms with E-state index in [2.05, 4.69) is 18.8 Å². The second-order valence-electron chi connectivity index (χ2n) is 4.56. The van der Waals surface area contributed by atoms with Crippen molar-refractivity contribution in [3.05, 3.63) is 28.8 Å². The van der Waals surface area contributed by atoms with Gasteiger partial charge in [-0.25, -0.2) is 0 Å². The van der Waals surface area contributed by atoms with Crippen LogP contribution in [0.5, 0.6) is 5.75 Å². The molecular weight excluding hydrogens is 198 g/mol. The third-order valence-electron chi connectivity index (χ3n) is 2.40. The maximum atomic E-state index is 5.83. The van der Waals surface area contributed by atoms with Crippen molar-refractivity contribution >= 4 is 0 Å². The van der Waals surface area contributed by atoms with Crippen LogP contribution < -0.4 is 10.5 Å². The molecule has 1 aromatic carbocycles. The maximum Gasteiger partial charge on any atom is 0.137 e. The van der Waals surface area contributed by atoms with E-state index in [4.69, 9.17) is 10.5 Å². The highest BCUT2D eigenvalue weighted by molar-refractivity contribution is 5.53. The quantitative estimate of drug-likeness (QED) is 0.733. The summed E-state index contributed by atoms with van der Waals surface area (Å²) in [5, 5.41) is 0. The molecule has 2 N–H and O–H groups in total. The second-order valence-corrected chi connectivity index (χ2v) is 4.56. The van der Waals surface area contributed by atoms with Crippen LogP contribution in [0.15, 0.2) is 12.1 Å². The van der Waals surface area contributed by atoms with Crippen LogP contribution in [0.1, 0.15) is 30.5 Å². The van der Waals surface area contributed by atoms with E-state index < -0.39 is 5.54 Å². The maximum absolute atomic E-state index is 5.83. The topological polar surface area (TPSA) is 35.2 Å². The Kier molecular flexibility index (Phi) is 3.62. The van der Waals surface area contributed by atoms with Crippen molar-refractivity contribution in [1.29, 1.82) is 0 Å². The van der Waals surface area contributed by atoms with Gasteiger partial charge in [0.15, 0.2) is 0 Å². The largest absolute Gasteiger partial charge is 0.495 e. The van der Waals surface area contributed by atoms with Crippen molar-refractivity contribution in [3.8, 4) is 17.6 Å². The summed E-state index contributed by atoms with van der Waals surface area (Å²) in [6, 6.07) is 4.02. The predicted molar refractivity (Wildman–Crippen MR) is 67.6 cm³/mol. The predicted octanol–water partition coefficient (Wildman–Crippen LogP) is 2.40. The van der Waals surface area contributed by atoms with Crippen LogP contribution in [0, 0.1) is 25.7 Å². The summed E-state index contributed by atoms with van der Waals surface area (Å²) in [7, 11) is 1.67. The van der Waals surface area contributed by atoms with Gasteiger partial charge < -0.3 is 10.5 Å². The van der Waals surface area contributed by atoms with Crippen molar-refractivity contribution in [2.75, 3.05) is 7.11 Å². The average Bonchev–Trinajstić information content (AvgIpc) is 2.18. The van der Waals surface area contributed by atoms with Crippen LogP contribution in [-0.2, 0) is 0 Å². The molecule has 16 heavy (non-hydrogen) atoms. The Balaban J connectivity index is 3.24. The molecule has 2 nitrogen and oxygen atoms in total. The van der Waals surface area contributed by atoms with Gasteiger partial charge in [-0.05, 0) is 44.9 Å². The molecule has 2 heteroatoms. The van der Waals surface area contributed by atoms with Crippen molar-refractivity contribution in [3.63, 3.8) is 0 Å². The molecule has 86 valence electrons. The van der Waals surface area contributed by atoms with E-state index in [1.165, 1.54) is 5.56 Å². The highest BCUT2D eigenvalue weighted by Gasteiger charge is 2.08.